The Kier molecular flexibility index (Phi) is 5.15. The summed E-state index contributed by atoms with van der Waals surface area (Å²) in [6, 6.07) is 9.76. The minimum absolute atomic E-state index is 0.0525. The van der Waals surface area contributed by atoms with Crippen LogP contribution in [0.1, 0.15) is 36.1 Å². The van der Waals surface area contributed by atoms with Crippen LogP contribution in [0, 0.1) is 29.0 Å². The molecule has 0 radical (unpaired) electrons. The van der Waals surface area contributed by atoms with Crippen molar-refractivity contribution in [3.63, 3.8) is 0 Å². The van der Waals surface area contributed by atoms with Gasteiger partial charge in [-0.2, -0.15) is 5.26 Å². The van der Waals surface area contributed by atoms with Gasteiger partial charge in [0, 0.05) is 41.4 Å². The van der Waals surface area contributed by atoms with Gasteiger partial charge in [-0.15, -0.1) is 11.3 Å². The highest BCUT2D eigenvalue weighted by molar-refractivity contribution is 7.15. The van der Waals surface area contributed by atoms with Crippen molar-refractivity contribution in [3.05, 3.63) is 40.5 Å². The van der Waals surface area contributed by atoms with Crippen LogP contribution in [0.15, 0.2) is 24.3 Å². The number of carbonyl (C=O) groups excluding carboxylic acids is 2. The van der Waals surface area contributed by atoms with Crippen LogP contribution in [0.2, 0.25) is 0 Å². The normalized spacial score (nSPS) is 25.0. The summed E-state index contributed by atoms with van der Waals surface area (Å²) in [5, 5.41) is 13.0. The molecule has 2 bridgehead atoms. The fourth-order valence-corrected chi connectivity index (χ4v) is 6.37. The number of hydrogen-bond acceptors (Lipinski definition) is 5. The summed E-state index contributed by atoms with van der Waals surface area (Å²) in [5.74, 6) is -0.334. The summed E-state index contributed by atoms with van der Waals surface area (Å²) in [4.78, 5) is 27.6. The summed E-state index contributed by atoms with van der Waals surface area (Å²) in [6.45, 7) is 0. The number of Topliss-reactive ketones (excluding diaryl/α,β-unsaturated/α-hetero) is 1. The second-order valence-corrected chi connectivity index (χ2v) is 10.1. The number of ketones is 1. The van der Waals surface area contributed by atoms with E-state index in [0.29, 0.717) is 23.3 Å². The van der Waals surface area contributed by atoms with Gasteiger partial charge in [-0.05, 0) is 48.4 Å². The first-order chi connectivity index (χ1) is 14.9. The van der Waals surface area contributed by atoms with E-state index in [1.54, 1.807) is 11.9 Å². The highest BCUT2D eigenvalue weighted by atomic mass is 32.1. The van der Waals surface area contributed by atoms with Gasteiger partial charge in [-0.3, -0.25) is 9.59 Å². The predicted octanol–water partition coefficient (Wildman–Crippen LogP) is 3.86. The number of hydrogen-bond donors (Lipinski definition) is 1. The van der Waals surface area contributed by atoms with E-state index in [1.165, 1.54) is 17.4 Å². The molecular formula is C24H24FN3O2S. The molecule has 1 aliphatic carbocycles. The van der Waals surface area contributed by atoms with E-state index in [2.05, 4.69) is 11.4 Å². The van der Waals surface area contributed by atoms with E-state index in [0.717, 1.165) is 41.0 Å². The van der Waals surface area contributed by atoms with Crippen molar-refractivity contribution >= 4 is 28.7 Å². The number of nitriles is 1. The van der Waals surface area contributed by atoms with Crippen LogP contribution in [-0.2, 0) is 22.4 Å². The van der Waals surface area contributed by atoms with E-state index < -0.39 is 5.92 Å². The maximum atomic E-state index is 14.7. The first-order valence-electron chi connectivity index (χ1n) is 10.8. The molecule has 1 saturated heterocycles. The van der Waals surface area contributed by atoms with Gasteiger partial charge in [0.25, 0.3) is 0 Å². The third kappa shape index (κ3) is 3.68. The Morgan fingerprint density at radius 1 is 1.39 bits per heavy atom. The first-order valence-corrected chi connectivity index (χ1v) is 11.6. The first kappa shape index (κ1) is 20.3. The Morgan fingerprint density at radius 2 is 2.23 bits per heavy atom. The fraction of sp³-hybridized carbons (Fsp3) is 0.458. The highest BCUT2D eigenvalue weighted by Crippen LogP contribution is 2.38. The number of fused-ring (bicyclic) bond motifs is 3. The second-order valence-electron chi connectivity index (χ2n) is 8.97. The lowest BCUT2D eigenvalue weighted by atomic mass is 9.90. The minimum Gasteiger partial charge on any atom is -0.315 e. The van der Waals surface area contributed by atoms with Crippen molar-refractivity contribution in [2.75, 3.05) is 11.9 Å². The molecule has 31 heavy (non-hydrogen) atoms. The molecule has 1 unspecified atom stereocenters. The van der Waals surface area contributed by atoms with Gasteiger partial charge < -0.3 is 10.2 Å². The number of nitrogens with one attached hydrogen (secondary N) is 1. The molecule has 7 heteroatoms. The van der Waals surface area contributed by atoms with E-state index in [4.69, 9.17) is 0 Å². The molecular weight excluding hydrogens is 413 g/mol. The Bertz CT molecular complexity index is 1100. The standard InChI is InChI=1S/C24H24FN3O2S/c1-28-19-9-15(3-2-14(19)10-23(28)30)21-11-18(25)22(31-21)7-13(12-26)6-20(29)24-16-4-5-17(8-16)27-24/h2-3,9,11,13,16-17,24,27H,4-8,10H2,1H3/t13?,16-,17+,24-/m0/s1. The van der Waals surface area contributed by atoms with Gasteiger partial charge in [0.2, 0.25) is 5.91 Å². The van der Waals surface area contributed by atoms with Gasteiger partial charge in [0.05, 0.1) is 24.4 Å². The lowest BCUT2D eigenvalue weighted by molar-refractivity contribution is -0.122. The SMILES string of the molecule is CN1C(=O)Cc2ccc(-c3cc(F)c(CC(C#N)CC(=O)[C@H]4N[C@@H]5CC[C@H]4C5)s3)cc21. The average Bonchev–Trinajstić information content (AvgIpc) is 3.53. The van der Waals surface area contributed by atoms with Gasteiger partial charge in [0.15, 0.2) is 5.78 Å². The van der Waals surface area contributed by atoms with Crippen molar-refractivity contribution in [2.24, 2.45) is 11.8 Å². The van der Waals surface area contributed by atoms with Crippen LogP contribution >= 0.6 is 11.3 Å². The van der Waals surface area contributed by atoms with Crippen LogP contribution in [0.3, 0.4) is 0 Å². The predicted molar refractivity (Wildman–Crippen MR) is 117 cm³/mol. The second kappa shape index (κ2) is 7.85. The Hall–Kier alpha value is -2.56. The van der Waals surface area contributed by atoms with Crippen LogP contribution in [0.5, 0.6) is 0 Å². The van der Waals surface area contributed by atoms with E-state index in [9.17, 15) is 19.2 Å². The molecule has 2 aromatic rings. The molecule has 2 aliphatic heterocycles. The number of carbonyl (C=O) groups is 2. The van der Waals surface area contributed by atoms with Gasteiger partial charge in [-0.1, -0.05) is 12.1 Å². The van der Waals surface area contributed by atoms with Gasteiger partial charge in [0.1, 0.15) is 5.82 Å². The molecule has 1 N–H and O–H groups in total. The molecule has 1 saturated carbocycles. The monoisotopic (exact) mass is 437 g/mol. The Morgan fingerprint density at radius 3 is 2.94 bits per heavy atom. The van der Waals surface area contributed by atoms with Crippen LogP contribution in [0.25, 0.3) is 10.4 Å². The minimum atomic E-state index is -0.529. The molecule has 1 amide bonds. The number of rotatable bonds is 6. The molecule has 5 rings (SSSR count). The maximum absolute atomic E-state index is 14.7. The number of likely N-dealkylation sites (N-methyl/N-ethyl adjacent to an activating group) is 1. The van der Waals surface area contributed by atoms with Crippen molar-refractivity contribution in [2.45, 2.75) is 50.6 Å². The van der Waals surface area contributed by atoms with Crippen molar-refractivity contribution in [1.29, 1.82) is 5.26 Å². The lowest BCUT2D eigenvalue weighted by Crippen LogP contribution is -2.42. The molecule has 2 fully saturated rings. The molecule has 5 nitrogen and oxygen atoms in total. The average molecular weight is 438 g/mol. The third-order valence-electron chi connectivity index (χ3n) is 6.97. The summed E-state index contributed by atoms with van der Waals surface area (Å²) in [6.07, 6.45) is 4.06. The Labute approximate surface area is 184 Å². The zero-order chi connectivity index (χ0) is 21.7. The molecule has 1 aromatic heterocycles. The van der Waals surface area contributed by atoms with Crippen molar-refractivity contribution < 1.29 is 14.0 Å². The summed E-state index contributed by atoms with van der Waals surface area (Å²) in [5.41, 5.74) is 2.69. The number of benzene rings is 1. The number of piperidine rings is 1. The lowest BCUT2D eigenvalue weighted by Gasteiger charge is -2.22. The highest BCUT2D eigenvalue weighted by Gasteiger charge is 2.42. The van der Waals surface area contributed by atoms with Crippen LogP contribution in [0.4, 0.5) is 10.1 Å². The number of halogens is 1. The molecule has 3 aliphatic rings. The maximum Gasteiger partial charge on any atom is 0.231 e. The van der Waals surface area contributed by atoms with E-state index >= 15 is 0 Å². The summed E-state index contributed by atoms with van der Waals surface area (Å²) >= 11 is 1.32. The fourth-order valence-electron chi connectivity index (χ4n) is 5.26. The quantitative estimate of drug-likeness (QED) is 0.745. The molecule has 1 aromatic carbocycles. The number of thiophene rings is 1. The molecule has 4 atom stereocenters. The van der Waals surface area contributed by atoms with Crippen molar-refractivity contribution in [1.82, 2.24) is 5.32 Å². The number of anilines is 1. The van der Waals surface area contributed by atoms with Crippen LogP contribution < -0.4 is 10.2 Å². The molecule has 3 heterocycles. The topological polar surface area (TPSA) is 73.2 Å². The third-order valence-corrected chi connectivity index (χ3v) is 8.15. The van der Waals surface area contributed by atoms with Crippen LogP contribution in [-0.4, -0.2) is 30.8 Å². The van der Waals surface area contributed by atoms with Crippen molar-refractivity contribution in [3.8, 4) is 16.5 Å². The van der Waals surface area contributed by atoms with Gasteiger partial charge >= 0.3 is 0 Å². The Balaban J connectivity index is 1.30. The molecule has 0 spiro atoms. The summed E-state index contributed by atoms with van der Waals surface area (Å²) in [7, 11) is 1.75. The number of nitrogens with zero attached hydrogens (tertiary/aromatic N) is 2. The zero-order valence-corrected chi connectivity index (χ0v) is 18.2. The molecule has 160 valence electrons. The zero-order valence-electron chi connectivity index (χ0n) is 17.4. The number of amides is 1. The summed E-state index contributed by atoms with van der Waals surface area (Å²) < 4.78 is 14.7. The van der Waals surface area contributed by atoms with E-state index in [1.807, 2.05) is 18.2 Å². The smallest absolute Gasteiger partial charge is 0.231 e. The van der Waals surface area contributed by atoms with Gasteiger partial charge in [-0.25, -0.2) is 4.39 Å². The van der Waals surface area contributed by atoms with E-state index in [-0.39, 0.29) is 36.4 Å². The largest absolute Gasteiger partial charge is 0.315 e.